The van der Waals surface area contributed by atoms with Crippen LogP contribution in [0.1, 0.15) is 25.1 Å². The minimum Gasteiger partial charge on any atom is -0.456 e. The molecule has 1 aromatic heterocycles. The number of rotatable bonds is 4. The summed E-state index contributed by atoms with van der Waals surface area (Å²) in [4.78, 5) is 4.15. The zero-order valence-electron chi connectivity index (χ0n) is 10.4. The first-order valence-electron chi connectivity index (χ1n) is 5.94. The zero-order valence-corrected chi connectivity index (χ0v) is 10.4. The summed E-state index contributed by atoms with van der Waals surface area (Å²) in [5, 5.41) is 0. The third kappa shape index (κ3) is 3.48. The van der Waals surface area contributed by atoms with Crippen LogP contribution in [0.4, 0.5) is 8.78 Å². The monoisotopic (exact) mass is 264 g/mol. The van der Waals surface area contributed by atoms with Gasteiger partial charge in [-0.1, -0.05) is 6.92 Å². The Balaban J connectivity index is 2.15. The summed E-state index contributed by atoms with van der Waals surface area (Å²) in [6, 6.07) is 6.28. The predicted molar refractivity (Wildman–Crippen MR) is 67.9 cm³/mol. The molecular formula is C14H14F2N2O. The second-order valence-electron chi connectivity index (χ2n) is 4.14. The normalized spacial score (nSPS) is 12.2. The highest BCUT2D eigenvalue weighted by Crippen LogP contribution is 2.23. The van der Waals surface area contributed by atoms with Gasteiger partial charge in [0.25, 0.3) is 0 Å². The van der Waals surface area contributed by atoms with Gasteiger partial charge in [-0.05, 0) is 18.6 Å². The Kier molecular flexibility index (Phi) is 4.06. The van der Waals surface area contributed by atoms with E-state index in [1.165, 1.54) is 6.20 Å². The van der Waals surface area contributed by atoms with E-state index in [1.807, 2.05) is 6.92 Å². The van der Waals surface area contributed by atoms with Crippen molar-refractivity contribution in [2.75, 3.05) is 0 Å². The van der Waals surface area contributed by atoms with Crippen molar-refractivity contribution in [2.24, 2.45) is 5.73 Å². The molecule has 0 unspecified atom stereocenters. The van der Waals surface area contributed by atoms with E-state index in [4.69, 9.17) is 10.5 Å². The number of benzene rings is 1. The van der Waals surface area contributed by atoms with Crippen LogP contribution in [-0.4, -0.2) is 4.98 Å². The average molecular weight is 264 g/mol. The number of hydrogen-bond donors (Lipinski definition) is 1. The molecule has 0 radical (unpaired) electrons. The fourth-order valence-corrected chi connectivity index (χ4v) is 1.60. The molecule has 5 heteroatoms. The Morgan fingerprint density at radius 1 is 1.16 bits per heavy atom. The van der Waals surface area contributed by atoms with Crippen LogP contribution in [0.2, 0.25) is 0 Å². The molecule has 0 amide bonds. The quantitative estimate of drug-likeness (QED) is 0.918. The predicted octanol–water partition coefficient (Wildman–Crippen LogP) is 3.56. The number of halogens is 2. The fourth-order valence-electron chi connectivity index (χ4n) is 1.60. The van der Waals surface area contributed by atoms with Crippen LogP contribution in [0, 0.1) is 11.6 Å². The Bertz CT molecular complexity index is 538. The van der Waals surface area contributed by atoms with Gasteiger partial charge in [0.15, 0.2) is 0 Å². The molecule has 2 rings (SSSR count). The van der Waals surface area contributed by atoms with Gasteiger partial charge in [0, 0.05) is 24.2 Å². The van der Waals surface area contributed by atoms with E-state index in [2.05, 4.69) is 4.98 Å². The van der Waals surface area contributed by atoms with Crippen LogP contribution >= 0.6 is 0 Å². The SMILES string of the molecule is CC[C@@H](N)c1ccc(Oc2cc(F)cc(F)c2)cn1. The van der Waals surface area contributed by atoms with Crippen LogP contribution in [-0.2, 0) is 0 Å². The number of aromatic nitrogens is 1. The summed E-state index contributed by atoms with van der Waals surface area (Å²) in [5.74, 6) is -0.885. The second kappa shape index (κ2) is 5.75. The first-order valence-corrected chi connectivity index (χ1v) is 5.94. The van der Waals surface area contributed by atoms with E-state index < -0.39 is 11.6 Å². The van der Waals surface area contributed by atoms with Crippen molar-refractivity contribution in [3.05, 3.63) is 53.9 Å². The van der Waals surface area contributed by atoms with Crippen molar-refractivity contribution < 1.29 is 13.5 Å². The summed E-state index contributed by atoms with van der Waals surface area (Å²) in [6.07, 6.45) is 2.26. The first-order chi connectivity index (χ1) is 9.08. The van der Waals surface area contributed by atoms with Gasteiger partial charge < -0.3 is 10.5 Å². The molecule has 2 N–H and O–H groups in total. The van der Waals surface area contributed by atoms with Gasteiger partial charge >= 0.3 is 0 Å². The molecule has 2 aromatic rings. The molecule has 0 fully saturated rings. The van der Waals surface area contributed by atoms with Crippen LogP contribution in [0.25, 0.3) is 0 Å². The van der Waals surface area contributed by atoms with Gasteiger partial charge in [-0.15, -0.1) is 0 Å². The third-order valence-corrected chi connectivity index (χ3v) is 2.65. The van der Waals surface area contributed by atoms with Crippen molar-refractivity contribution in [3.8, 4) is 11.5 Å². The minimum atomic E-state index is -0.687. The van der Waals surface area contributed by atoms with Gasteiger partial charge in [-0.25, -0.2) is 8.78 Å². The lowest BCUT2D eigenvalue weighted by Crippen LogP contribution is -2.10. The summed E-state index contributed by atoms with van der Waals surface area (Å²) < 4.78 is 31.3. The lowest BCUT2D eigenvalue weighted by molar-refractivity contribution is 0.465. The molecule has 1 atom stereocenters. The summed E-state index contributed by atoms with van der Waals surface area (Å²) >= 11 is 0. The summed E-state index contributed by atoms with van der Waals surface area (Å²) in [7, 11) is 0. The first kappa shape index (κ1) is 13.4. The van der Waals surface area contributed by atoms with Crippen molar-refractivity contribution in [1.29, 1.82) is 0 Å². The van der Waals surface area contributed by atoms with E-state index in [9.17, 15) is 8.78 Å². The van der Waals surface area contributed by atoms with Crippen molar-refractivity contribution >= 4 is 0 Å². The Morgan fingerprint density at radius 2 is 1.84 bits per heavy atom. The van der Waals surface area contributed by atoms with Crippen molar-refractivity contribution in [2.45, 2.75) is 19.4 Å². The van der Waals surface area contributed by atoms with Gasteiger partial charge in [-0.3, -0.25) is 4.98 Å². The van der Waals surface area contributed by atoms with Gasteiger partial charge in [0.2, 0.25) is 0 Å². The minimum absolute atomic E-state index is 0.0897. The van der Waals surface area contributed by atoms with Gasteiger partial charge in [-0.2, -0.15) is 0 Å². The number of hydrogen-bond acceptors (Lipinski definition) is 3. The highest BCUT2D eigenvalue weighted by atomic mass is 19.1. The molecule has 19 heavy (non-hydrogen) atoms. The molecule has 0 aliphatic rings. The molecule has 0 saturated carbocycles. The summed E-state index contributed by atoms with van der Waals surface area (Å²) in [6.45, 7) is 1.96. The molecule has 3 nitrogen and oxygen atoms in total. The lowest BCUT2D eigenvalue weighted by Gasteiger charge is -2.09. The molecule has 0 aliphatic carbocycles. The molecule has 0 saturated heterocycles. The standard InChI is InChI=1S/C14H14F2N2O/c1-2-13(17)14-4-3-11(8-18-14)19-12-6-9(15)5-10(16)7-12/h3-8,13H,2,17H2,1H3/t13-/m1/s1. The molecule has 0 spiro atoms. The zero-order chi connectivity index (χ0) is 13.8. The summed E-state index contributed by atoms with van der Waals surface area (Å²) in [5.41, 5.74) is 6.58. The molecule has 0 aliphatic heterocycles. The smallest absolute Gasteiger partial charge is 0.145 e. The molecule has 1 aromatic carbocycles. The average Bonchev–Trinajstić information content (AvgIpc) is 2.37. The van der Waals surface area contributed by atoms with Gasteiger partial charge in [0.05, 0.1) is 11.9 Å². The molecule has 100 valence electrons. The molecular weight excluding hydrogens is 250 g/mol. The number of pyridine rings is 1. The molecule has 1 heterocycles. The Labute approximate surface area is 110 Å². The third-order valence-electron chi connectivity index (χ3n) is 2.65. The maximum Gasteiger partial charge on any atom is 0.145 e. The van der Waals surface area contributed by atoms with E-state index in [0.717, 1.165) is 30.3 Å². The van der Waals surface area contributed by atoms with Crippen LogP contribution in [0.3, 0.4) is 0 Å². The van der Waals surface area contributed by atoms with E-state index in [-0.39, 0.29) is 11.8 Å². The van der Waals surface area contributed by atoms with Gasteiger partial charge in [0.1, 0.15) is 23.1 Å². The number of nitrogens with zero attached hydrogens (tertiary/aromatic N) is 1. The maximum atomic E-state index is 13.0. The second-order valence-corrected chi connectivity index (χ2v) is 4.14. The van der Waals surface area contributed by atoms with Crippen LogP contribution in [0.15, 0.2) is 36.5 Å². The van der Waals surface area contributed by atoms with Crippen molar-refractivity contribution in [1.82, 2.24) is 4.98 Å². The van der Waals surface area contributed by atoms with Crippen molar-refractivity contribution in [3.63, 3.8) is 0 Å². The fraction of sp³-hybridized carbons (Fsp3) is 0.214. The van der Waals surface area contributed by atoms with Crippen LogP contribution < -0.4 is 10.5 Å². The molecule has 0 bridgehead atoms. The largest absolute Gasteiger partial charge is 0.456 e. The highest BCUT2D eigenvalue weighted by molar-refractivity contribution is 5.31. The Hall–Kier alpha value is -2.01. The topological polar surface area (TPSA) is 48.1 Å². The highest BCUT2D eigenvalue weighted by Gasteiger charge is 2.06. The Morgan fingerprint density at radius 3 is 2.37 bits per heavy atom. The number of nitrogens with two attached hydrogens (primary N) is 1. The maximum absolute atomic E-state index is 13.0. The van der Waals surface area contributed by atoms with Crippen LogP contribution in [0.5, 0.6) is 11.5 Å². The van der Waals surface area contributed by atoms with E-state index in [1.54, 1.807) is 12.1 Å². The van der Waals surface area contributed by atoms with E-state index in [0.29, 0.717) is 5.75 Å². The lowest BCUT2D eigenvalue weighted by atomic mass is 10.1. The van der Waals surface area contributed by atoms with E-state index >= 15 is 0 Å². The number of ether oxygens (including phenoxy) is 1.